The lowest BCUT2D eigenvalue weighted by molar-refractivity contribution is 0.172. The molecule has 3 rings (SSSR count). The highest BCUT2D eigenvalue weighted by atomic mass is 35.5. The van der Waals surface area contributed by atoms with Crippen LogP contribution in [-0.4, -0.2) is 24.8 Å². The van der Waals surface area contributed by atoms with E-state index in [9.17, 15) is 5.11 Å². The minimum atomic E-state index is -0.168. The van der Waals surface area contributed by atoms with Crippen LogP contribution in [-0.2, 0) is 5.41 Å². The van der Waals surface area contributed by atoms with Crippen LogP contribution in [0.4, 0.5) is 5.69 Å². The van der Waals surface area contributed by atoms with E-state index < -0.39 is 0 Å². The Kier molecular flexibility index (Phi) is 4.18. The number of hydrogen-bond donors (Lipinski definition) is 1. The summed E-state index contributed by atoms with van der Waals surface area (Å²) in [6, 6.07) is 18.3. The van der Waals surface area contributed by atoms with Crippen LogP contribution in [0.5, 0.6) is 0 Å². The molecule has 1 unspecified atom stereocenters. The summed E-state index contributed by atoms with van der Waals surface area (Å²) in [4.78, 5) is 2.35. The van der Waals surface area contributed by atoms with Crippen molar-refractivity contribution in [1.29, 1.82) is 0 Å². The molecule has 2 nitrogen and oxygen atoms in total. The number of aliphatic hydroxyl groups excluding tert-OH is 1. The molecular formula is C18H20ClNO. The number of nitrogens with zero attached hydrogens (tertiary/aromatic N) is 1. The normalized spacial score (nSPS) is 22.3. The van der Waals surface area contributed by atoms with E-state index in [-0.39, 0.29) is 12.0 Å². The maximum atomic E-state index is 10.1. The number of anilines is 1. The molecule has 1 N–H and O–H groups in total. The summed E-state index contributed by atoms with van der Waals surface area (Å²) in [5.41, 5.74) is 2.23. The maximum Gasteiger partial charge on any atom is 0.0545 e. The van der Waals surface area contributed by atoms with Crippen LogP contribution in [0.1, 0.15) is 18.4 Å². The van der Waals surface area contributed by atoms with Crippen molar-refractivity contribution in [3.05, 3.63) is 65.2 Å². The second-order valence-corrected chi connectivity index (χ2v) is 6.24. The van der Waals surface area contributed by atoms with Crippen LogP contribution < -0.4 is 4.90 Å². The number of hydrogen-bond acceptors (Lipinski definition) is 2. The quantitative estimate of drug-likeness (QED) is 0.930. The number of halogens is 1. The molecule has 2 aromatic carbocycles. The van der Waals surface area contributed by atoms with E-state index in [0.717, 1.165) is 31.0 Å². The van der Waals surface area contributed by atoms with E-state index in [0.29, 0.717) is 0 Å². The summed E-state index contributed by atoms with van der Waals surface area (Å²) >= 11 is 5.97. The Labute approximate surface area is 131 Å². The van der Waals surface area contributed by atoms with Crippen molar-refractivity contribution in [3.63, 3.8) is 0 Å². The smallest absolute Gasteiger partial charge is 0.0545 e. The average Bonchev–Trinajstić information content (AvgIpc) is 2.56. The average molecular weight is 302 g/mol. The van der Waals surface area contributed by atoms with Crippen LogP contribution in [0, 0.1) is 0 Å². The Morgan fingerprint density at radius 2 is 1.76 bits per heavy atom. The molecule has 0 aromatic heterocycles. The molecule has 1 aliphatic rings. The molecule has 1 aliphatic heterocycles. The van der Waals surface area contributed by atoms with Gasteiger partial charge in [-0.15, -0.1) is 0 Å². The van der Waals surface area contributed by atoms with Crippen LogP contribution in [0.2, 0.25) is 5.02 Å². The van der Waals surface area contributed by atoms with Gasteiger partial charge in [0.25, 0.3) is 0 Å². The molecule has 21 heavy (non-hydrogen) atoms. The van der Waals surface area contributed by atoms with Gasteiger partial charge in [0.05, 0.1) is 6.61 Å². The highest BCUT2D eigenvalue weighted by molar-refractivity contribution is 6.30. The topological polar surface area (TPSA) is 23.5 Å². The van der Waals surface area contributed by atoms with Gasteiger partial charge in [-0.3, -0.25) is 0 Å². The fourth-order valence-electron chi connectivity index (χ4n) is 3.25. The van der Waals surface area contributed by atoms with E-state index in [1.807, 2.05) is 30.3 Å². The summed E-state index contributed by atoms with van der Waals surface area (Å²) in [6.07, 6.45) is 2.11. The molecule has 2 aromatic rings. The molecule has 1 atom stereocenters. The van der Waals surface area contributed by atoms with Crippen LogP contribution in [0.15, 0.2) is 54.6 Å². The van der Waals surface area contributed by atoms with Crippen molar-refractivity contribution in [2.75, 3.05) is 24.6 Å². The zero-order valence-corrected chi connectivity index (χ0v) is 12.8. The SMILES string of the molecule is OCC1(c2ccccc2)CCCN(c2ccc(Cl)cc2)C1. The van der Waals surface area contributed by atoms with Crippen LogP contribution in [0.3, 0.4) is 0 Å². The van der Waals surface area contributed by atoms with E-state index in [1.165, 1.54) is 11.3 Å². The summed E-state index contributed by atoms with van der Waals surface area (Å²) in [6.45, 7) is 2.05. The second kappa shape index (κ2) is 6.08. The van der Waals surface area contributed by atoms with E-state index in [1.54, 1.807) is 0 Å². The first-order valence-corrected chi connectivity index (χ1v) is 7.78. The Hall–Kier alpha value is -1.51. The van der Waals surface area contributed by atoms with Gasteiger partial charge in [0.15, 0.2) is 0 Å². The molecule has 1 heterocycles. The van der Waals surface area contributed by atoms with Crippen molar-refractivity contribution >= 4 is 17.3 Å². The van der Waals surface area contributed by atoms with E-state index in [4.69, 9.17) is 11.6 Å². The minimum Gasteiger partial charge on any atom is -0.395 e. The first kappa shape index (κ1) is 14.4. The predicted octanol–water partition coefficient (Wildman–Crippen LogP) is 3.87. The van der Waals surface area contributed by atoms with Gasteiger partial charge in [-0.1, -0.05) is 41.9 Å². The molecule has 0 amide bonds. The fourth-order valence-corrected chi connectivity index (χ4v) is 3.38. The van der Waals surface area contributed by atoms with Gasteiger partial charge in [0.2, 0.25) is 0 Å². The van der Waals surface area contributed by atoms with Gasteiger partial charge >= 0.3 is 0 Å². The standard InChI is InChI=1S/C18H20ClNO/c19-16-7-9-17(10-8-16)20-12-4-11-18(13-20,14-21)15-5-2-1-3-6-15/h1-3,5-10,21H,4,11-14H2. The Balaban J connectivity index is 1.88. The van der Waals surface area contributed by atoms with Gasteiger partial charge in [0.1, 0.15) is 0 Å². The molecule has 110 valence electrons. The molecule has 0 spiro atoms. The lowest BCUT2D eigenvalue weighted by Gasteiger charge is -2.43. The number of benzene rings is 2. The van der Waals surface area contributed by atoms with Gasteiger partial charge in [-0.05, 0) is 42.7 Å². The third-order valence-corrected chi connectivity index (χ3v) is 4.71. The lowest BCUT2D eigenvalue weighted by atomic mass is 9.74. The van der Waals surface area contributed by atoms with Crippen molar-refractivity contribution < 1.29 is 5.11 Å². The molecular weight excluding hydrogens is 282 g/mol. The zero-order valence-electron chi connectivity index (χ0n) is 12.0. The lowest BCUT2D eigenvalue weighted by Crippen LogP contribution is -2.48. The first-order valence-electron chi connectivity index (χ1n) is 7.40. The van der Waals surface area contributed by atoms with Crippen molar-refractivity contribution in [3.8, 4) is 0 Å². The van der Waals surface area contributed by atoms with Crippen LogP contribution >= 0.6 is 11.6 Å². The fraction of sp³-hybridized carbons (Fsp3) is 0.333. The molecule has 1 saturated heterocycles. The molecule has 0 aliphatic carbocycles. The predicted molar refractivity (Wildman–Crippen MR) is 88.1 cm³/mol. The summed E-state index contributed by atoms with van der Waals surface area (Å²) in [5.74, 6) is 0. The highest BCUT2D eigenvalue weighted by Gasteiger charge is 2.36. The molecule has 0 radical (unpaired) electrons. The van der Waals surface area contributed by atoms with Crippen LogP contribution in [0.25, 0.3) is 0 Å². The highest BCUT2D eigenvalue weighted by Crippen LogP contribution is 2.35. The van der Waals surface area contributed by atoms with Gasteiger partial charge in [0, 0.05) is 29.2 Å². The van der Waals surface area contributed by atoms with Crippen molar-refractivity contribution in [2.24, 2.45) is 0 Å². The minimum absolute atomic E-state index is 0.168. The van der Waals surface area contributed by atoms with Crippen molar-refractivity contribution in [1.82, 2.24) is 0 Å². The van der Waals surface area contributed by atoms with E-state index >= 15 is 0 Å². The zero-order chi connectivity index (χ0) is 14.7. The molecule has 1 fully saturated rings. The third-order valence-electron chi connectivity index (χ3n) is 4.46. The number of rotatable bonds is 3. The molecule has 0 saturated carbocycles. The largest absolute Gasteiger partial charge is 0.395 e. The monoisotopic (exact) mass is 301 g/mol. The van der Waals surface area contributed by atoms with Gasteiger partial charge in [-0.2, -0.15) is 0 Å². The number of aliphatic hydroxyl groups is 1. The first-order chi connectivity index (χ1) is 10.2. The Morgan fingerprint density at radius 3 is 2.43 bits per heavy atom. The summed E-state index contributed by atoms with van der Waals surface area (Å²) in [7, 11) is 0. The summed E-state index contributed by atoms with van der Waals surface area (Å²) in [5, 5.41) is 10.8. The Bertz CT molecular complexity index is 584. The number of piperidine rings is 1. The van der Waals surface area contributed by atoms with Crippen molar-refractivity contribution in [2.45, 2.75) is 18.3 Å². The molecule has 0 bridgehead atoms. The van der Waals surface area contributed by atoms with Gasteiger partial charge < -0.3 is 10.0 Å². The summed E-state index contributed by atoms with van der Waals surface area (Å²) < 4.78 is 0. The Morgan fingerprint density at radius 1 is 1.05 bits per heavy atom. The molecule has 3 heteroatoms. The maximum absolute atomic E-state index is 10.1. The van der Waals surface area contributed by atoms with Gasteiger partial charge in [-0.25, -0.2) is 0 Å². The third kappa shape index (κ3) is 2.92. The van der Waals surface area contributed by atoms with E-state index in [2.05, 4.69) is 29.2 Å². The second-order valence-electron chi connectivity index (χ2n) is 5.81.